The van der Waals surface area contributed by atoms with Crippen LogP contribution in [0.4, 0.5) is 8.78 Å². The summed E-state index contributed by atoms with van der Waals surface area (Å²) in [6, 6.07) is 9.53. The van der Waals surface area contributed by atoms with E-state index < -0.39 is 11.6 Å². The number of carbonyl (C=O) groups excluding carboxylic acids is 1. The van der Waals surface area contributed by atoms with E-state index >= 15 is 0 Å². The van der Waals surface area contributed by atoms with Crippen LogP contribution in [-0.4, -0.2) is 15.9 Å². The Morgan fingerprint density at radius 2 is 1.92 bits per heavy atom. The molecular formula is C19H20F2IrNO2-. The molecule has 6 heteroatoms. The van der Waals surface area contributed by atoms with Crippen molar-refractivity contribution in [3.8, 4) is 11.3 Å². The number of rotatable bonds is 2. The summed E-state index contributed by atoms with van der Waals surface area (Å²) >= 11 is 0. The Hall–Kier alpha value is -1.91. The fourth-order valence-corrected chi connectivity index (χ4v) is 1.56. The third-order valence-electron chi connectivity index (χ3n) is 2.89. The number of benzene rings is 1. The van der Waals surface area contributed by atoms with Gasteiger partial charge in [0, 0.05) is 49.4 Å². The van der Waals surface area contributed by atoms with Crippen molar-refractivity contribution < 1.29 is 38.8 Å². The third-order valence-corrected chi connectivity index (χ3v) is 2.89. The molecular weight excluding hydrogens is 504 g/mol. The number of pyridine rings is 1. The summed E-state index contributed by atoms with van der Waals surface area (Å²) in [6.45, 7) is 6.97. The van der Waals surface area contributed by atoms with Crippen molar-refractivity contribution in [2.24, 2.45) is 5.41 Å². The first-order valence-electron chi connectivity index (χ1n) is 7.31. The van der Waals surface area contributed by atoms with Gasteiger partial charge < -0.3 is 10.1 Å². The van der Waals surface area contributed by atoms with Gasteiger partial charge in [0.1, 0.15) is 5.76 Å². The number of carbonyl (C=O) groups is 1. The molecule has 1 aromatic heterocycles. The molecule has 137 valence electrons. The number of nitrogens with zero attached hydrogens (tertiary/aromatic N) is 1. The SMILES string of the molecule is CC(=O)C=C(O)C(C)(C)C.Fc1c[c-]c(-c2ccccn2)c(F)c1.[Ir]. The molecule has 0 amide bonds. The molecule has 0 fully saturated rings. The fourth-order valence-electron chi connectivity index (χ4n) is 1.56. The van der Waals surface area contributed by atoms with Crippen LogP contribution in [0.2, 0.25) is 0 Å². The maximum Gasteiger partial charge on any atom is 0.155 e. The molecule has 0 aliphatic rings. The number of hydrogen-bond donors (Lipinski definition) is 1. The first-order valence-corrected chi connectivity index (χ1v) is 7.31. The van der Waals surface area contributed by atoms with E-state index in [-0.39, 0.29) is 42.6 Å². The summed E-state index contributed by atoms with van der Waals surface area (Å²) < 4.78 is 25.8. The molecule has 0 saturated heterocycles. The van der Waals surface area contributed by atoms with Crippen molar-refractivity contribution in [3.63, 3.8) is 0 Å². The van der Waals surface area contributed by atoms with Gasteiger partial charge in [-0.2, -0.15) is 0 Å². The molecule has 0 unspecified atom stereocenters. The molecule has 0 bridgehead atoms. The van der Waals surface area contributed by atoms with E-state index in [0.29, 0.717) is 5.69 Å². The van der Waals surface area contributed by atoms with Gasteiger partial charge in [0.25, 0.3) is 0 Å². The molecule has 0 spiro atoms. The summed E-state index contributed by atoms with van der Waals surface area (Å²) in [6.07, 6.45) is 2.80. The number of halogens is 2. The Balaban J connectivity index is 0.000000471. The molecule has 3 nitrogen and oxygen atoms in total. The number of aliphatic hydroxyl groups excluding tert-OH is 1. The van der Waals surface area contributed by atoms with Crippen LogP contribution < -0.4 is 0 Å². The Morgan fingerprint density at radius 3 is 2.32 bits per heavy atom. The molecule has 1 N–H and O–H groups in total. The Labute approximate surface area is 160 Å². The molecule has 0 saturated carbocycles. The number of ketones is 1. The molecule has 0 aliphatic carbocycles. The van der Waals surface area contributed by atoms with E-state index in [1.165, 1.54) is 13.0 Å². The van der Waals surface area contributed by atoms with Gasteiger partial charge in [0.2, 0.25) is 0 Å². The van der Waals surface area contributed by atoms with Crippen LogP contribution in [0.15, 0.2) is 48.4 Å². The Morgan fingerprint density at radius 1 is 1.28 bits per heavy atom. The third kappa shape index (κ3) is 8.14. The normalized spacial score (nSPS) is 11.0. The van der Waals surface area contributed by atoms with Gasteiger partial charge in [-0.05, 0) is 18.7 Å². The number of aliphatic hydroxyl groups is 1. The molecule has 2 rings (SSSR count). The predicted molar refractivity (Wildman–Crippen MR) is 89.3 cm³/mol. The smallest absolute Gasteiger partial charge is 0.155 e. The van der Waals surface area contributed by atoms with E-state index in [9.17, 15) is 18.7 Å². The maximum absolute atomic E-state index is 13.2. The van der Waals surface area contributed by atoms with Crippen LogP contribution in [0, 0.1) is 23.1 Å². The minimum Gasteiger partial charge on any atom is -0.512 e. The average molecular weight is 525 g/mol. The quantitative estimate of drug-likeness (QED) is 0.346. The first kappa shape index (κ1) is 23.1. The van der Waals surface area contributed by atoms with Crippen LogP contribution in [0.1, 0.15) is 27.7 Å². The topological polar surface area (TPSA) is 50.2 Å². The summed E-state index contributed by atoms with van der Waals surface area (Å²) in [5, 5.41) is 9.20. The van der Waals surface area contributed by atoms with E-state index in [2.05, 4.69) is 11.1 Å². The van der Waals surface area contributed by atoms with Crippen molar-refractivity contribution in [3.05, 3.63) is 66.1 Å². The van der Waals surface area contributed by atoms with E-state index in [0.717, 1.165) is 12.1 Å². The molecule has 1 aromatic carbocycles. The van der Waals surface area contributed by atoms with Crippen LogP contribution in [0.3, 0.4) is 0 Å². The largest absolute Gasteiger partial charge is 0.512 e. The molecule has 0 aliphatic heterocycles. The molecule has 2 aromatic rings. The number of allylic oxidation sites excluding steroid dienone is 2. The Kier molecular flexibility index (Phi) is 9.39. The Bertz CT molecular complexity index is 726. The zero-order valence-corrected chi connectivity index (χ0v) is 16.8. The van der Waals surface area contributed by atoms with Crippen LogP contribution in [0.5, 0.6) is 0 Å². The van der Waals surface area contributed by atoms with Crippen LogP contribution in [0.25, 0.3) is 11.3 Å². The molecule has 25 heavy (non-hydrogen) atoms. The number of aromatic nitrogens is 1. The predicted octanol–water partition coefficient (Wildman–Crippen LogP) is 4.89. The van der Waals surface area contributed by atoms with Gasteiger partial charge >= 0.3 is 0 Å². The summed E-state index contributed by atoms with van der Waals surface area (Å²) in [7, 11) is 0. The fraction of sp³-hybridized carbons (Fsp3) is 0.263. The van der Waals surface area contributed by atoms with Crippen LogP contribution >= 0.6 is 0 Å². The van der Waals surface area contributed by atoms with Gasteiger partial charge in [0.15, 0.2) is 5.78 Å². The minimum absolute atomic E-state index is 0. The standard InChI is InChI=1S/C11H6F2N.C8H14O2.Ir/c12-8-4-5-9(10(13)7-8)11-3-1-2-6-14-11;1-6(9)5-7(10)8(2,3)4;/h1-4,6-7H;5,10H,1-4H3;/q-1;;. The van der Waals surface area contributed by atoms with Crippen molar-refractivity contribution >= 4 is 5.78 Å². The monoisotopic (exact) mass is 525 g/mol. The van der Waals surface area contributed by atoms with Crippen molar-refractivity contribution in [1.29, 1.82) is 0 Å². The summed E-state index contributed by atoms with van der Waals surface area (Å²) in [5.74, 6) is -1.27. The second kappa shape index (κ2) is 10.2. The number of hydrogen-bond acceptors (Lipinski definition) is 3. The summed E-state index contributed by atoms with van der Waals surface area (Å²) in [5.41, 5.74) is 0.322. The van der Waals surface area contributed by atoms with Gasteiger partial charge in [-0.3, -0.25) is 13.6 Å². The van der Waals surface area contributed by atoms with Gasteiger partial charge in [-0.1, -0.05) is 44.5 Å². The van der Waals surface area contributed by atoms with E-state index in [1.54, 1.807) is 24.4 Å². The van der Waals surface area contributed by atoms with Gasteiger partial charge in [-0.15, -0.1) is 12.1 Å². The minimum atomic E-state index is -0.649. The van der Waals surface area contributed by atoms with Crippen molar-refractivity contribution in [2.75, 3.05) is 0 Å². The first-order chi connectivity index (χ1) is 11.1. The van der Waals surface area contributed by atoms with Crippen molar-refractivity contribution in [2.45, 2.75) is 27.7 Å². The van der Waals surface area contributed by atoms with Crippen LogP contribution in [-0.2, 0) is 24.9 Å². The van der Waals surface area contributed by atoms with Gasteiger partial charge in [-0.25, -0.2) is 0 Å². The second-order valence-corrected chi connectivity index (χ2v) is 6.15. The molecule has 0 atom stereocenters. The van der Waals surface area contributed by atoms with Gasteiger partial charge in [0.05, 0.1) is 0 Å². The second-order valence-electron chi connectivity index (χ2n) is 6.15. The zero-order chi connectivity index (χ0) is 18.3. The van der Waals surface area contributed by atoms with Crippen molar-refractivity contribution in [1.82, 2.24) is 4.98 Å². The molecule has 1 radical (unpaired) electrons. The van der Waals surface area contributed by atoms with E-state index in [4.69, 9.17) is 0 Å². The maximum atomic E-state index is 13.2. The summed E-state index contributed by atoms with van der Waals surface area (Å²) in [4.78, 5) is 14.4. The average Bonchev–Trinajstić information content (AvgIpc) is 2.47. The van der Waals surface area contributed by atoms with E-state index in [1.807, 2.05) is 20.8 Å². The molecule has 1 heterocycles. The zero-order valence-electron chi connectivity index (χ0n) is 14.4.